The van der Waals surface area contributed by atoms with Crippen molar-refractivity contribution in [3.8, 4) is 0 Å². The first-order valence-corrected chi connectivity index (χ1v) is 4.13. The summed E-state index contributed by atoms with van der Waals surface area (Å²) in [5.41, 5.74) is 3.92. The molecule has 0 saturated heterocycles. The summed E-state index contributed by atoms with van der Waals surface area (Å²) >= 11 is 0. The first kappa shape index (κ1) is 16.2. The summed E-state index contributed by atoms with van der Waals surface area (Å²) in [7, 11) is 0. The van der Waals surface area contributed by atoms with E-state index >= 15 is 0 Å². The van der Waals surface area contributed by atoms with E-state index in [2.05, 4.69) is 30.0 Å². The SMILES string of the molecule is NC(=O)[O-].[C-]1=CC=CC1.[C-]1=CC=CC1.[Fe+3]. The maximum Gasteiger partial charge on any atom is 3.00 e. The van der Waals surface area contributed by atoms with E-state index in [-0.39, 0.29) is 17.1 Å². The Bertz CT molecular complexity index is 222. The minimum atomic E-state index is -1.58. The molecule has 2 N–H and O–H groups in total. The van der Waals surface area contributed by atoms with Gasteiger partial charge >= 0.3 is 17.1 Å². The number of nitrogens with two attached hydrogens (primary N) is 1. The van der Waals surface area contributed by atoms with Crippen LogP contribution in [0.25, 0.3) is 0 Å². The van der Waals surface area contributed by atoms with Gasteiger partial charge in [0.05, 0.1) is 0 Å². The molecule has 2 aliphatic carbocycles. The van der Waals surface area contributed by atoms with E-state index in [4.69, 9.17) is 9.90 Å². The van der Waals surface area contributed by atoms with Crippen LogP contribution in [0, 0.1) is 12.2 Å². The molecule has 0 saturated carbocycles. The van der Waals surface area contributed by atoms with Crippen LogP contribution < -0.4 is 10.8 Å². The Kier molecular flexibility index (Phi) is 13.8. The fourth-order valence-electron chi connectivity index (χ4n) is 0.680. The quantitative estimate of drug-likeness (QED) is 0.509. The van der Waals surface area contributed by atoms with Crippen molar-refractivity contribution >= 4 is 6.09 Å². The molecule has 0 aromatic heterocycles. The summed E-state index contributed by atoms with van der Waals surface area (Å²) in [6.07, 6.45) is 18.4. The topological polar surface area (TPSA) is 66.2 Å². The molecule has 15 heavy (non-hydrogen) atoms. The van der Waals surface area contributed by atoms with Crippen LogP contribution in [0.3, 0.4) is 0 Å². The maximum atomic E-state index is 8.67. The Balaban J connectivity index is 0. The largest absolute Gasteiger partial charge is 3.00 e. The second-order valence-electron chi connectivity index (χ2n) is 2.33. The zero-order valence-electron chi connectivity index (χ0n) is 8.13. The van der Waals surface area contributed by atoms with E-state index in [9.17, 15) is 0 Å². The van der Waals surface area contributed by atoms with Crippen molar-refractivity contribution in [1.82, 2.24) is 0 Å². The minimum absolute atomic E-state index is 0. The number of carboxylic acid groups (broad SMARTS) is 1. The van der Waals surface area contributed by atoms with Crippen LogP contribution in [-0.2, 0) is 17.1 Å². The van der Waals surface area contributed by atoms with Gasteiger partial charge in [0.15, 0.2) is 0 Å². The third-order valence-corrected chi connectivity index (χ3v) is 1.17. The first-order chi connectivity index (χ1) is 6.73. The average molecular weight is 246 g/mol. The second kappa shape index (κ2) is 12.7. The van der Waals surface area contributed by atoms with Gasteiger partial charge in [-0.25, -0.2) is 24.3 Å². The molecular formula is C11H12FeNO2. The molecule has 4 heteroatoms. The van der Waals surface area contributed by atoms with Crippen molar-refractivity contribution in [2.45, 2.75) is 12.8 Å². The molecule has 0 aromatic carbocycles. The zero-order valence-corrected chi connectivity index (χ0v) is 9.23. The molecule has 0 atom stereocenters. The molecule has 1 radical (unpaired) electrons. The number of carbonyl (C=O) groups is 1. The molecule has 81 valence electrons. The molecular weight excluding hydrogens is 234 g/mol. The van der Waals surface area contributed by atoms with Crippen LogP contribution >= 0.6 is 0 Å². The second-order valence-corrected chi connectivity index (χ2v) is 2.33. The standard InChI is InChI=1S/2C5H5.CH3NO2.Fe/c2*1-2-4-5-3-1;2-1(3)4;/h2*1-3H,4H2;2H2,(H,3,4);/q2*-1;;+3/p-1. The molecule has 0 fully saturated rings. The van der Waals surface area contributed by atoms with Gasteiger partial charge < -0.3 is 15.6 Å². The Morgan fingerprint density at radius 1 is 1.13 bits per heavy atom. The number of hydrogen-bond acceptors (Lipinski definition) is 2. The summed E-state index contributed by atoms with van der Waals surface area (Å²) in [6.45, 7) is 0. The number of carbonyl (C=O) groups excluding carboxylic acids is 1. The third-order valence-electron chi connectivity index (χ3n) is 1.17. The van der Waals surface area contributed by atoms with Gasteiger partial charge in [-0.05, 0) is 0 Å². The van der Waals surface area contributed by atoms with Crippen LogP contribution in [-0.4, -0.2) is 6.09 Å². The van der Waals surface area contributed by atoms with E-state index in [1.807, 2.05) is 24.3 Å². The summed E-state index contributed by atoms with van der Waals surface area (Å²) in [5.74, 6) is 0. The molecule has 0 aliphatic heterocycles. The molecule has 0 bridgehead atoms. The van der Waals surface area contributed by atoms with Crippen molar-refractivity contribution in [3.63, 3.8) is 0 Å². The molecule has 0 unspecified atom stereocenters. The van der Waals surface area contributed by atoms with Crippen molar-refractivity contribution in [2.24, 2.45) is 5.73 Å². The Morgan fingerprint density at radius 3 is 1.53 bits per heavy atom. The maximum absolute atomic E-state index is 8.67. The van der Waals surface area contributed by atoms with Gasteiger partial charge in [-0.1, -0.05) is 0 Å². The summed E-state index contributed by atoms with van der Waals surface area (Å²) in [6, 6.07) is 0. The van der Waals surface area contributed by atoms with E-state index in [0.717, 1.165) is 12.8 Å². The van der Waals surface area contributed by atoms with Crippen LogP contribution in [0.5, 0.6) is 0 Å². The molecule has 2 aliphatic rings. The van der Waals surface area contributed by atoms with Crippen molar-refractivity contribution in [2.75, 3.05) is 0 Å². The molecule has 3 nitrogen and oxygen atoms in total. The monoisotopic (exact) mass is 246 g/mol. The van der Waals surface area contributed by atoms with E-state index in [1.54, 1.807) is 0 Å². The van der Waals surface area contributed by atoms with E-state index < -0.39 is 6.09 Å². The van der Waals surface area contributed by atoms with Gasteiger partial charge in [-0.15, -0.1) is 12.8 Å². The van der Waals surface area contributed by atoms with Crippen LogP contribution in [0.4, 0.5) is 4.79 Å². The van der Waals surface area contributed by atoms with Gasteiger partial charge in [-0.2, -0.15) is 12.2 Å². The van der Waals surface area contributed by atoms with Crippen molar-refractivity contribution < 1.29 is 27.0 Å². The van der Waals surface area contributed by atoms with Gasteiger partial charge in [0.1, 0.15) is 6.09 Å². The molecule has 2 rings (SSSR count). The summed E-state index contributed by atoms with van der Waals surface area (Å²) < 4.78 is 0. The van der Waals surface area contributed by atoms with Crippen LogP contribution in [0.2, 0.25) is 0 Å². The number of amides is 1. The summed E-state index contributed by atoms with van der Waals surface area (Å²) in [4.78, 5) is 8.67. The van der Waals surface area contributed by atoms with E-state index in [0.29, 0.717) is 0 Å². The van der Waals surface area contributed by atoms with Gasteiger partial charge in [-0.3, -0.25) is 12.2 Å². The Hall–Kier alpha value is -1.25. The predicted octanol–water partition coefficient (Wildman–Crippen LogP) is 0.897. The smallest absolute Gasteiger partial charge is 0.530 e. The van der Waals surface area contributed by atoms with Crippen molar-refractivity contribution in [3.05, 3.63) is 48.6 Å². The van der Waals surface area contributed by atoms with Crippen LogP contribution in [0.15, 0.2) is 36.5 Å². The summed E-state index contributed by atoms with van der Waals surface area (Å²) in [5, 5.41) is 8.67. The fourth-order valence-corrected chi connectivity index (χ4v) is 0.680. The zero-order chi connectivity index (χ0) is 10.6. The van der Waals surface area contributed by atoms with Crippen LogP contribution in [0.1, 0.15) is 12.8 Å². The molecule has 1 amide bonds. The third kappa shape index (κ3) is 19.2. The number of primary amides is 1. The van der Waals surface area contributed by atoms with Crippen molar-refractivity contribution in [1.29, 1.82) is 0 Å². The molecule has 0 spiro atoms. The average Bonchev–Trinajstić information content (AvgIpc) is 2.83. The number of allylic oxidation sites excluding steroid dienone is 8. The number of rotatable bonds is 0. The van der Waals surface area contributed by atoms with Gasteiger partial charge in [0, 0.05) is 0 Å². The molecule has 0 heterocycles. The minimum Gasteiger partial charge on any atom is -0.530 e. The first-order valence-electron chi connectivity index (χ1n) is 4.13. The van der Waals surface area contributed by atoms with Gasteiger partial charge in [0.25, 0.3) is 0 Å². The molecule has 0 aromatic rings. The predicted molar refractivity (Wildman–Crippen MR) is 52.7 cm³/mol. The van der Waals surface area contributed by atoms with E-state index in [1.165, 1.54) is 0 Å². The Morgan fingerprint density at radius 2 is 1.47 bits per heavy atom. The Labute approximate surface area is 101 Å². The van der Waals surface area contributed by atoms with Gasteiger partial charge in [0.2, 0.25) is 0 Å². The normalized spacial score (nSPS) is 13.3. The fraction of sp³-hybridized carbons (Fsp3) is 0.182. The number of hydrogen-bond donors (Lipinski definition) is 1.